The third-order valence-corrected chi connectivity index (χ3v) is 2.35. The predicted octanol–water partition coefficient (Wildman–Crippen LogP) is 2.13. The second kappa shape index (κ2) is 7.74. The lowest BCUT2D eigenvalue weighted by Gasteiger charge is -2.20. The standard InChI is InChI=1S/C14H20FNO3/c1-4-18-14(17)12(16-10(2)3)9-19-13-8-6-5-7-11(13)15/h5-8,10,12,16H,4,9H2,1-3H3. The molecule has 0 spiro atoms. The molecule has 4 nitrogen and oxygen atoms in total. The molecular weight excluding hydrogens is 249 g/mol. The number of ether oxygens (including phenoxy) is 2. The third-order valence-electron chi connectivity index (χ3n) is 2.35. The highest BCUT2D eigenvalue weighted by Crippen LogP contribution is 2.15. The molecule has 0 aliphatic heterocycles. The zero-order valence-corrected chi connectivity index (χ0v) is 11.5. The third kappa shape index (κ3) is 5.26. The maximum atomic E-state index is 13.4. The van der Waals surface area contributed by atoms with Gasteiger partial charge in [-0.05, 0) is 19.1 Å². The van der Waals surface area contributed by atoms with Crippen molar-refractivity contribution in [1.29, 1.82) is 0 Å². The van der Waals surface area contributed by atoms with E-state index in [9.17, 15) is 9.18 Å². The lowest BCUT2D eigenvalue weighted by Crippen LogP contribution is -2.45. The number of para-hydroxylation sites is 1. The summed E-state index contributed by atoms with van der Waals surface area (Å²) in [5.74, 6) is -0.718. The largest absolute Gasteiger partial charge is 0.488 e. The van der Waals surface area contributed by atoms with Crippen LogP contribution in [0.3, 0.4) is 0 Å². The van der Waals surface area contributed by atoms with Crippen LogP contribution in [0.5, 0.6) is 5.75 Å². The van der Waals surface area contributed by atoms with Crippen LogP contribution in [0.15, 0.2) is 24.3 Å². The van der Waals surface area contributed by atoms with Crippen LogP contribution in [0.1, 0.15) is 20.8 Å². The summed E-state index contributed by atoms with van der Waals surface area (Å²) in [6.07, 6.45) is 0. The minimum absolute atomic E-state index is 0.0257. The fourth-order valence-electron chi connectivity index (χ4n) is 1.56. The Labute approximate surface area is 112 Å². The van der Waals surface area contributed by atoms with Crippen LogP contribution in [0.25, 0.3) is 0 Å². The van der Waals surface area contributed by atoms with Crippen LogP contribution in [0.4, 0.5) is 4.39 Å². The van der Waals surface area contributed by atoms with Crippen molar-refractivity contribution in [3.05, 3.63) is 30.1 Å². The summed E-state index contributed by atoms with van der Waals surface area (Å²) in [4.78, 5) is 11.7. The molecule has 19 heavy (non-hydrogen) atoms. The fraction of sp³-hybridized carbons (Fsp3) is 0.500. The zero-order chi connectivity index (χ0) is 14.3. The minimum atomic E-state index is -0.612. The molecule has 5 heteroatoms. The molecule has 106 valence electrons. The maximum Gasteiger partial charge on any atom is 0.326 e. The Morgan fingerprint density at radius 2 is 2.05 bits per heavy atom. The molecule has 0 saturated heterocycles. The molecule has 0 saturated carbocycles. The van der Waals surface area contributed by atoms with Crippen molar-refractivity contribution in [3.8, 4) is 5.75 Å². The number of halogens is 1. The Balaban J connectivity index is 2.62. The average molecular weight is 269 g/mol. The van der Waals surface area contributed by atoms with Crippen LogP contribution < -0.4 is 10.1 Å². The van der Waals surface area contributed by atoms with E-state index < -0.39 is 17.8 Å². The molecule has 0 aliphatic rings. The van der Waals surface area contributed by atoms with Crippen LogP contribution in [-0.4, -0.2) is 31.3 Å². The van der Waals surface area contributed by atoms with Crippen molar-refractivity contribution < 1.29 is 18.7 Å². The molecule has 0 heterocycles. The molecule has 0 aromatic heterocycles. The van der Waals surface area contributed by atoms with Gasteiger partial charge in [0.2, 0.25) is 0 Å². The van der Waals surface area contributed by atoms with Crippen LogP contribution >= 0.6 is 0 Å². The Hall–Kier alpha value is -1.62. The maximum absolute atomic E-state index is 13.4. The zero-order valence-electron chi connectivity index (χ0n) is 11.5. The van der Waals surface area contributed by atoms with E-state index in [2.05, 4.69) is 5.32 Å². The molecule has 0 bridgehead atoms. The molecule has 1 aromatic carbocycles. The molecule has 1 unspecified atom stereocenters. The predicted molar refractivity (Wildman–Crippen MR) is 70.6 cm³/mol. The molecule has 1 aromatic rings. The first-order valence-corrected chi connectivity index (χ1v) is 6.34. The van der Waals surface area contributed by atoms with Gasteiger partial charge >= 0.3 is 5.97 Å². The molecule has 1 N–H and O–H groups in total. The second-order valence-electron chi connectivity index (χ2n) is 4.37. The lowest BCUT2D eigenvalue weighted by molar-refractivity contribution is -0.146. The summed E-state index contributed by atoms with van der Waals surface area (Å²) >= 11 is 0. The average Bonchev–Trinajstić information content (AvgIpc) is 2.36. The summed E-state index contributed by atoms with van der Waals surface area (Å²) in [7, 11) is 0. The number of carbonyl (C=O) groups is 1. The highest BCUT2D eigenvalue weighted by atomic mass is 19.1. The summed E-state index contributed by atoms with van der Waals surface area (Å²) in [5, 5.41) is 3.03. The first-order chi connectivity index (χ1) is 9.04. The number of esters is 1. The van der Waals surface area contributed by atoms with Gasteiger partial charge in [0.15, 0.2) is 11.6 Å². The van der Waals surface area contributed by atoms with Gasteiger partial charge in [-0.15, -0.1) is 0 Å². The van der Waals surface area contributed by atoms with E-state index in [1.807, 2.05) is 13.8 Å². The Kier molecular flexibility index (Phi) is 6.29. The van der Waals surface area contributed by atoms with Gasteiger partial charge in [0.1, 0.15) is 12.6 Å². The second-order valence-corrected chi connectivity index (χ2v) is 4.37. The van der Waals surface area contributed by atoms with Gasteiger partial charge in [-0.2, -0.15) is 0 Å². The Morgan fingerprint density at radius 1 is 1.37 bits per heavy atom. The van der Waals surface area contributed by atoms with E-state index in [1.165, 1.54) is 12.1 Å². The van der Waals surface area contributed by atoms with Crippen molar-refractivity contribution in [2.24, 2.45) is 0 Å². The number of nitrogens with one attached hydrogen (secondary N) is 1. The van der Waals surface area contributed by atoms with Crippen LogP contribution in [-0.2, 0) is 9.53 Å². The van der Waals surface area contributed by atoms with E-state index in [4.69, 9.17) is 9.47 Å². The summed E-state index contributed by atoms with van der Waals surface area (Å²) < 4.78 is 23.7. The number of hydrogen-bond acceptors (Lipinski definition) is 4. The molecule has 1 rings (SSSR count). The summed E-state index contributed by atoms with van der Waals surface area (Å²) in [5.41, 5.74) is 0. The van der Waals surface area contributed by atoms with Gasteiger partial charge in [0.25, 0.3) is 0 Å². The normalized spacial score (nSPS) is 12.3. The highest BCUT2D eigenvalue weighted by molar-refractivity contribution is 5.76. The van der Waals surface area contributed by atoms with Gasteiger partial charge < -0.3 is 9.47 Å². The molecule has 1 atom stereocenters. The fourth-order valence-corrected chi connectivity index (χ4v) is 1.56. The van der Waals surface area contributed by atoms with Crippen molar-refractivity contribution in [1.82, 2.24) is 5.32 Å². The van der Waals surface area contributed by atoms with E-state index in [0.29, 0.717) is 6.61 Å². The Morgan fingerprint density at radius 3 is 2.63 bits per heavy atom. The molecule has 0 fully saturated rings. The van der Waals surface area contributed by atoms with Gasteiger partial charge in [-0.3, -0.25) is 10.1 Å². The van der Waals surface area contributed by atoms with Gasteiger partial charge in [-0.25, -0.2) is 4.39 Å². The topological polar surface area (TPSA) is 47.6 Å². The van der Waals surface area contributed by atoms with Crippen LogP contribution in [0.2, 0.25) is 0 Å². The molecular formula is C14H20FNO3. The first-order valence-electron chi connectivity index (χ1n) is 6.34. The lowest BCUT2D eigenvalue weighted by atomic mass is 10.2. The van der Waals surface area contributed by atoms with Crippen LogP contribution in [0, 0.1) is 5.82 Å². The quantitative estimate of drug-likeness (QED) is 0.770. The van der Waals surface area contributed by atoms with Gasteiger partial charge in [-0.1, -0.05) is 26.0 Å². The highest BCUT2D eigenvalue weighted by Gasteiger charge is 2.21. The van der Waals surface area contributed by atoms with Gasteiger partial charge in [0, 0.05) is 6.04 Å². The van der Waals surface area contributed by atoms with Crippen molar-refractivity contribution >= 4 is 5.97 Å². The summed E-state index contributed by atoms with van der Waals surface area (Å²) in [6, 6.07) is 5.57. The van der Waals surface area contributed by atoms with Crippen molar-refractivity contribution in [3.63, 3.8) is 0 Å². The SMILES string of the molecule is CCOC(=O)C(COc1ccccc1F)NC(C)C. The Bertz CT molecular complexity index is 409. The number of rotatable bonds is 7. The van der Waals surface area contributed by atoms with Crippen molar-refractivity contribution in [2.75, 3.05) is 13.2 Å². The van der Waals surface area contributed by atoms with E-state index >= 15 is 0 Å². The van der Waals surface area contributed by atoms with E-state index in [0.717, 1.165) is 0 Å². The number of hydrogen-bond donors (Lipinski definition) is 1. The van der Waals surface area contributed by atoms with E-state index in [1.54, 1.807) is 19.1 Å². The molecule has 0 amide bonds. The minimum Gasteiger partial charge on any atom is -0.488 e. The van der Waals surface area contributed by atoms with Gasteiger partial charge in [0.05, 0.1) is 6.61 Å². The first kappa shape index (κ1) is 15.4. The number of benzene rings is 1. The number of carbonyl (C=O) groups excluding carboxylic acids is 1. The molecule has 0 radical (unpaired) electrons. The van der Waals surface area contributed by atoms with E-state index in [-0.39, 0.29) is 18.4 Å². The summed E-state index contributed by atoms with van der Waals surface area (Å²) in [6.45, 7) is 5.89. The smallest absolute Gasteiger partial charge is 0.326 e. The van der Waals surface area contributed by atoms with Crippen molar-refractivity contribution in [2.45, 2.75) is 32.9 Å². The molecule has 0 aliphatic carbocycles. The monoisotopic (exact) mass is 269 g/mol.